The molecule has 3 nitrogen and oxygen atoms in total. The minimum atomic E-state index is -3.12. The third-order valence-corrected chi connectivity index (χ3v) is 7.46. The average Bonchev–Trinajstić information content (AvgIpc) is 2.37. The fourth-order valence-electron chi connectivity index (χ4n) is 1.82. The van der Waals surface area contributed by atoms with Crippen molar-refractivity contribution in [2.45, 2.75) is 27.2 Å². The first kappa shape index (κ1) is 17.0. The van der Waals surface area contributed by atoms with Crippen molar-refractivity contribution in [1.82, 2.24) is 9.80 Å². The van der Waals surface area contributed by atoms with Gasteiger partial charge in [-0.2, -0.15) is 0 Å². The monoisotopic (exact) mass is 394 g/mol. The molecule has 1 fully saturated rings. The Bertz CT molecular complexity index is 435. The molecule has 0 radical (unpaired) electrons. The molecule has 0 atom stereocenters. The van der Waals surface area contributed by atoms with E-state index in [0.29, 0.717) is 6.61 Å². The zero-order chi connectivity index (χ0) is 14.3. The maximum atomic E-state index is 6.62. The van der Waals surface area contributed by atoms with E-state index in [9.17, 15) is 0 Å². The summed E-state index contributed by atoms with van der Waals surface area (Å²) in [5.41, 5.74) is 0. The van der Waals surface area contributed by atoms with Gasteiger partial charge in [-0.25, -0.2) is 0 Å². The zero-order valence-electron chi connectivity index (χ0n) is 11.6. The van der Waals surface area contributed by atoms with Gasteiger partial charge in [0.1, 0.15) is 0 Å². The molecular weight excluding hydrogens is 372 g/mol. The van der Waals surface area contributed by atoms with Crippen LogP contribution in [0.1, 0.15) is 27.2 Å². The number of rotatable bonds is 4. The molecule has 1 rings (SSSR count). The molecule has 1 aliphatic rings. The molecule has 0 aliphatic carbocycles. The van der Waals surface area contributed by atoms with E-state index < -0.39 is 11.9 Å². The number of hydrogen-bond donors (Lipinski definition) is 0. The minimum absolute atomic E-state index is 0.586. The van der Waals surface area contributed by atoms with Gasteiger partial charge < -0.3 is 0 Å². The SMILES string of the molecule is CC=CN1CCCN(C=CC)[C]1=[Ru]([Cl])([Cl])=[CH]OCC. The molecule has 0 saturated carbocycles. The Hall–Kier alpha value is -0.0166. The molecule has 6 heteroatoms. The van der Waals surface area contributed by atoms with Crippen molar-refractivity contribution in [2.75, 3.05) is 19.7 Å². The van der Waals surface area contributed by atoms with Crippen LogP contribution in [0.2, 0.25) is 0 Å². The van der Waals surface area contributed by atoms with E-state index in [-0.39, 0.29) is 0 Å². The Morgan fingerprint density at radius 1 is 1.16 bits per heavy atom. The van der Waals surface area contributed by atoms with E-state index in [2.05, 4.69) is 9.80 Å². The number of nitrogens with zero attached hydrogens (tertiary/aromatic N) is 2. The molecule has 19 heavy (non-hydrogen) atoms. The number of hydrogen-bond acceptors (Lipinski definition) is 3. The van der Waals surface area contributed by atoms with E-state index in [4.69, 9.17) is 24.1 Å². The van der Waals surface area contributed by atoms with Crippen LogP contribution < -0.4 is 0 Å². The van der Waals surface area contributed by atoms with Gasteiger partial charge in [0.2, 0.25) is 0 Å². The van der Waals surface area contributed by atoms with Crippen molar-refractivity contribution < 1.29 is 16.6 Å². The van der Waals surface area contributed by atoms with Crippen LogP contribution >= 0.6 is 19.4 Å². The van der Waals surface area contributed by atoms with E-state index in [0.717, 1.165) is 23.9 Å². The van der Waals surface area contributed by atoms with Crippen LogP contribution in [-0.2, 0) is 16.6 Å². The molecule has 0 spiro atoms. The summed E-state index contributed by atoms with van der Waals surface area (Å²) in [7, 11) is 13.2. The summed E-state index contributed by atoms with van der Waals surface area (Å²) >= 11 is -3.12. The molecule has 0 aromatic rings. The van der Waals surface area contributed by atoms with Crippen molar-refractivity contribution in [3.05, 3.63) is 24.6 Å². The second-order valence-electron chi connectivity index (χ2n) is 3.94. The van der Waals surface area contributed by atoms with Crippen LogP contribution in [0, 0.1) is 0 Å². The summed E-state index contributed by atoms with van der Waals surface area (Å²) in [6.45, 7) is 8.38. The van der Waals surface area contributed by atoms with Gasteiger partial charge >= 0.3 is 126 Å². The van der Waals surface area contributed by atoms with Crippen LogP contribution in [0.3, 0.4) is 0 Å². The third-order valence-electron chi connectivity index (χ3n) is 2.46. The molecule has 0 aromatic heterocycles. The third kappa shape index (κ3) is 4.79. The van der Waals surface area contributed by atoms with Crippen LogP contribution in [-0.4, -0.2) is 38.6 Å². The van der Waals surface area contributed by atoms with Gasteiger partial charge in [-0.3, -0.25) is 0 Å². The fraction of sp³-hybridized carbons (Fsp3) is 0.538. The van der Waals surface area contributed by atoms with Gasteiger partial charge in [0.15, 0.2) is 0 Å². The second kappa shape index (κ2) is 8.31. The topological polar surface area (TPSA) is 15.7 Å². The van der Waals surface area contributed by atoms with Gasteiger partial charge in [0.25, 0.3) is 0 Å². The molecular formula is C13H22Cl2N2ORu. The van der Waals surface area contributed by atoms with E-state index in [1.807, 2.05) is 45.3 Å². The van der Waals surface area contributed by atoms with Gasteiger partial charge in [-0.15, -0.1) is 0 Å². The predicted octanol–water partition coefficient (Wildman–Crippen LogP) is 3.41. The van der Waals surface area contributed by atoms with Crippen LogP contribution in [0.25, 0.3) is 0 Å². The van der Waals surface area contributed by atoms with Crippen LogP contribution in [0.15, 0.2) is 24.6 Å². The maximum absolute atomic E-state index is 6.62. The van der Waals surface area contributed by atoms with E-state index in [1.165, 1.54) is 0 Å². The summed E-state index contributed by atoms with van der Waals surface area (Å²) in [6.07, 6.45) is 9.15. The normalized spacial score (nSPS) is 18.7. The zero-order valence-corrected chi connectivity index (χ0v) is 14.9. The first-order valence-electron chi connectivity index (χ1n) is 6.30. The Labute approximate surface area is 126 Å². The van der Waals surface area contributed by atoms with Crippen molar-refractivity contribution in [2.24, 2.45) is 0 Å². The average molecular weight is 394 g/mol. The van der Waals surface area contributed by atoms with Crippen LogP contribution in [0.5, 0.6) is 0 Å². The van der Waals surface area contributed by atoms with Crippen molar-refractivity contribution >= 4 is 28.5 Å². The quantitative estimate of drug-likeness (QED) is 0.680. The second-order valence-corrected chi connectivity index (χ2v) is 13.1. The molecule has 1 saturated heterocycles. The summed E-state index contributed by atoms with van der Waals surface area (Å²) in [5, 5.41) is 0. The molecule has 0 amide bonds. The molecule has 0 unspecified atom stereocenters. The van der Waals surface area contributed by atoms with E-state index in [1.54, 1.807) is 4.80 Å². The van der Waals surface area contributed by atoms with Crippen LogP contribution in [0.4, 0.5) is 0 Å². The first-order chi connectivity index (χ1) is 9.06. The molecule has 0 aromatic carbocycles. The van der Waals surface area contributed by atoms with Crippen molar-refractivity contribution in [3.63, 3.8) is 0 Å². The van der Waals surface area contributed by atoms with Gasteiger partial charge in [0, 0.05) is 0 Å². The van der Waals surface area contributed by atoms with E-state index >= 15 is 0 Å². The summed E-state index contributed by atoms with van der Waals surface area (Å²) in [6, 6.07) is 0. The molecule has 0 bridgehead atoms. The molecule has 1 heterocycles. The first-order valence-corrected chi connectivity index (χ1v) is 12.6. The summed E-state index contributed by atoms with van der Waals surface area (Å²) in [5.74, 6) is 0. The van der Waals surface area contributed by atoms with Gasteiger partial charge in [-0.1, -0.05) is 0 Å². The van der Waals surface area contributed by atoms with Gasteiger partial charge in [-0.05, 0) is 0 Å². The Kier molecular flexibility index (Phi) is 7.45. The summed E-state index contributed by atoms with van der Waals surface area (Å²) < 4.78 is 6.35. The molecule has 112 valence electrons. The number of ether oxygens (including phenoxy) is 1. The van der Waals surface area contributed by atoms with Gasteiger partial charge in [0.05, 0.1) is 0 Å². The molecule has 1 aliphatic heterocycles. The Balaban J connectivity index is 3.34. The standard InChI is InChI=1S/C10H16N2.C3H6O.2ClH.Ru/c1-3-6-11-8-5-9-12(10-11)7-4-2;1-3-4-2;;;/h3-4,6-7H,5,8-9H2,1-2H3;2H,3H2,1H3;2*1H;/q;;;;+2/p-2. The molecule has 0 N–H and O–H groups in total. The number of halogens is 2. The number of allylic oxidation sites excluding steroid dienone is 2. The van der Waals surface area contributed by atoms with Crippen molar-refractivity contribution in [1.29, 1.82) is 0 Å². The predicted molar refractivity (Wildman–Crippen MR) is 82.1 cm³/mol. The summed E-state index contributed by atoms with van der Waals surface area (Å²) in [4.78, 5) is 5.95. The van der Waals surface area contributed by atoms with Crippen molar-refractivity contribution in [3.8, 4) is 0 Å². The Morgan fingerprint density at radius 2 is 1.68 bits per heavy atom. The fourth-order valence-corrected chi connectivity index (χ4v) is 6.98. The Morgan fingerprint density at radius 3 is 2.11 bits per heavy atom.